The molecule has 1 saturated heterocycles. The Bertz CT molecular complexity index is 944. The van der Waals surface area contributed by atoms with Crippen LogP contribution < -0.4 is 5.32 Å². The van der Waals surface area contributed by atoms with E-state index in [1.807, 2.05) is 12.1 Å². The van der Waals surface area contributed by atoms with Gasteiger partial charge in [-0.05, 0) is 68.2 Å². The van der Waals surface area contributed by atoms with Crippen LogP contribution in [0.15, 0.2) is 53.1 Å². The van der Waals surface area contributed by atoms with Crippen molar-refractivity contribution in [1.82, 2.24) is 4.90 Å². The van der Waals surface area contributed by atoms with Gasteiger partial charge < -0.3 is 9.73 Å². The van der Waals surface area contributed by atoms with Crippen LogP contribution in [0.4, 0.5) is 5.00 Å². The first-order chi connectivity index (χ1) is 14.2. The van der Waals surface area contributed by atoms with Gasteiger partial charge >= 0.3 is 0 Å². The van der Waals surface area contributed by atoms with Gasteiger partial charge in [-0.2, -0.15) is 0 Å². The number of benzene rings is 1. The van der Waals surface area contributed by atoms with E-state index in [1.165, 1.54) is 36.0 Å². The lowest BCUT2D eigenvalue weighted by molar-refractivity contribution is 0.0996. The monoisotopic (exact) mass is 428 g/mol. The van der Waals surface area contributed by atoms with Gasteiger partial charge in [0.25, 0.3) is 5.91 Å². The van der Waals surface area contributed by atoms with Gasteiger partial charge in [0.05, 0.1) is 12.3 Å². The largest absolute Gasteiger partial charge is 0.459 e. The lowest BCUT2D eigenvalue weighted by Crippen LogP contribution is -2.34. The van der Waals surface area contributed by atoms with E-state index in [9.17, 15) is 4.79 Å². The number of amides is 1. The van der Waals surface area contributed by atoms with Crippen molar-refractivity contribution >= 4 is 33.8 Å². The van der Waals surface area contributed by atoms with Crippen molar-refractivity contribution < 1.29 is 9.21 Å². The minimum Gasteiger partial charge on any atom is -0.459 e. The van der Waals surface area contributed by atoms with Crippen LogP contribution in [-0.2, 0) is 6.42 Å². The molecule has 4 nitrogen and oxygen atoms in total. The molecule has 3 aromatic rings. The smallest absolute Gasteiger partial charge is 0.291 e. The quantitative estimate of drug-likeness (QED) is 0.495. The highest BCUT2D eigenvalue weighted by Crippen LogP contribution is 2.40. The van der Waals surface area contributed by atoms with Crippen molar-refractivity contribution in [1.29, 1.82) is 0 Å². The zero-order chi connectivity index (χ0) is 20.2. The second kappa shape index (κ2) is 9.16. The van der Waals surface area contributed by atoms with Gasteiger partial charge in [0, 0.05) is 15.5 Å². The molecule has 1 amide bonds. The summed E-state index contributed by atoms with van der Waals surface area (Å²) in [5.41, 5.74) is 2.35. The Balaban J connectivity index is 1.73. The predicted octanol–water partition coefficient (Wildman–Crippen LogP) is 6.38. The molecule has 3 heterocycles. The molecule has 1 aromatic carbocycles. The third-order valence-electron chi connectivity index (χ3n) is 5.37. The van der Waals surface area contributed by atoms with Crippen LogP contribution in [0, 0.1) is 0 Å². The molecule has 4 rings (SSSR count). The van der Waals surface area contributed by atoms with E-state index in [-0.39, 0.29) is 11.9 Å². The number of hydrogen-bond donors (Lipinski definition) is 1. The topological polar surface area (TPSA) is 45.5 Å². The predicted molar refractivity (Wildman–Crippen MR) is 119 cm³/mol. The molecule has 1 N–H and O–H groups in total. The summed E-state index contributed by atoms with van der Waals surface area (Å²) in [5, 5.41) is 4.73. The number of carbonyl (C=O) groups excluding carboxylic acids is 1. The van der Waals surface area contributed by atoms with Gasteiger partial charge in [0.15, 0.2) is 5.76 Å². The zero-order valence-electron chi connectivity index (χ0n) is 16.5. The summed E-state index contributed by atoms with van der Waals surface area (Å²) in [5.74, 6) is 0.109. The summed E-state index contributed by atoms with van der Waals surface area (Å²) < 4.78 is 5.28. The highest BCUT2D eigenvalue weighted by Gasteiger charge is 2.28. The molecule has 0 saturated carbocycles. The molecule has 0 aliphatic carbocycles. The van der Waals surface area contributed by atoms with Crippen molar-refractivity contribution in [2.24, 2.45) is 0 Å². The number of aryl methyl sites for hydroxylation is 1. The Morgan fingerprint density at radius 2 is 1.97 bits per heavy atom. The van der Waals surface area contributed by atoms with Crippen LogP contribution in [0.25, 0.3) is 0 Å². The number of anilines is 1. The normalized spacial score (nSPS) is 15.9. The Kier molecular flexibility index (Phi) is 6.38. The van der Waals surface area contributed by atoms with Crippen LogP contribution >= 0.6 is 22.9 Å². The average molecular weight is 429 g/mol. The van der Waals surface area contributed by atoms with Crippen molar-refractivity contribution in [2.75, 3.05) is 18.4 Å². The lowest BCUT2D eigenvalue weighted by atomic mass is 9.96. The summed E-state index contributed by atoms with van der Waals surface area (Å²) in [6.45, 7) is 4.25. The van der Waals surface area contributed by atoms with E-state index >= 15 is 0 Å². The second-order valence-electron chi connectivity index (χ2n) is 7.33. The second-order valence-corrected chi connectivity index (χ2v) is 8.91. The van der Waals surface area contributed by atoms with E-state index < -0.39 is 0 Å². The lowest BCUT2D eigenvalue weighted by Gasteiger charge is -2.35. The first-order valence-electron chi connectivity index (χ1n) is 10.1. The highest BCUT2D eigenvalue weighted by molar-refractivity contribution is 7.16. The maximum Gasteiger partial charge on any atom is 0.291 e. The van der Waals surface area contributed by atoms with Gasteiger partial charge in [-0.15, -0.1) is 11.3 Å². The molecule has 2 aromatic heterocycles. The summed E-state index contributed by atoms with van der Waals surface area (Å²) >= 11 is 7.80. The molecule has 0 spiro atoms. The number of nitrogens with zero attached hydrogens (tertiary/aromatic N) is 1. The van der Waals surface area contributed by atoms with Crippen LogP contribution in [0.1, 0.15) is 58.8 Å². The van der Waals surface area contributed by atoms with E-state index in [1.54, 1.807) is 23.5 Å². The summed E-state index contributed by atoms with van der Waals surface area (Å²) in [6, 6.07) is 13.8. The Hall–Kier alpha value is -2.08. The molecule has 152 valence electrons. The van der Waals surface area contributed by atoms with Crippen LogP contribution in [0.5, 0.6) is 0 Å². The fraction of sp³-hybridized carbons (Fsp3) is 0.348. The molecular formula is C23H25ClN2O2S. The minimum atomic E-state index is -0.214. The van der Waals surface area contributed by atoms with Crippen molar-refractivity contribution in [3.8, 4) is 0 Å². The van der Waals surface area contributed by atoms with Crippen molar-refractivity contribution in [3.63, 3.8) is 0 Å². The molecule has 0 bridgehead atoms. The number of likely N-dealkylation sites (tertiary alicyclic amines) is 1. The first kappa shape index (κ1) is 20.2. The Morgan fingerprint density at radius 1 is 1.21 bits per heavy atom. The van der Waals surface area contributed by atoms with Gasteiger partial charge in [0.2, 0.25) is 0 Å². The summed E-state index contributed by atoms with van der Waals surface area (Å²) in [6.07, 6.45) is 6.12. The number of nitrogens with one attached hydrogen (secondary N) is 1. The minimum absolute atomic E-state index is 0.0935. The molecule has 6 heteroatoms. The third kappa shape index (κ3) is 4.58. The maximum absolute atomic E-state index is 12.7. The van der Waals surface area contributed by atoms with E-state index in [2.05, 4.69) is 35.3 Å². The SMILES string of the molecule is CCc1cc([C@H](c2ccc(Cl)cc2)N2CCCCC2)c(NC(=O)c2ccco2)s1. The maximum atomic E-state index is 12.7. The standard InChI is InChI=1S/C23H25ClN2O2S/c1-2-18-15-19(23(29-18)25-22(27)20-7-6-14-28-20)21(26-12-4-3-5-13-26)16-8-10-17(24)11-9-16/h6-11,14-15,21H,2-5,12-13H2,1H3,(H,25,27)/t21-/m0/s1. The fourth-order valence-corrected chi connectivity index (χ4v) is 5.07. The molecule has 0 radical (unpaired) electrons. The Morgan fingerprint density at radius 3 is 2.62 bits per heavy atom. The number of thiophene rings is 1. The van der Waals surface area contributed by atoms with E-state index in [4.69, 9.17) is 16.0 Å². The third-order valence-corrected chi connectivity index (χ3v) is 6.83. The molecular weight excluding hydrogens is 404 g/mol. The number of carbonyl (C=O) groups is 1. The molecule has 1 atom stereocenters. The van der Waals surface area contributed by atoms with E-state index in [0.29, 0.717) is 5.76 Å². The number of hydrogen-bond acceptors (Lipinski definition) is 4. The summed E-state index contributed by atoms with van der Waals surface area (Å²) in [4.78, 5) is 16.5. The molecule has 1 aliphatic heterocycles. The zero-order valence-corrected chi connectivity index (χ0v) is 18.1. The Labute approximate surface area is 180 Å². The first-order valence-corrected chi connectivity index (χ1v) is 11.3. The van der Waals surface area contributed by atoms with Gasteiger partial charge in [0.1, 0.15) is 5.00 Å². The van der Waals surface area contributed by atoms with Crippen molar-refractivity contribution in [2.45, 2.75) is 38.6 Å². The number of halogens is 1. The van der Waals surface area contributed by atoms with Crippen molar-refractivity contribution in [3.05, 3.63) is 75.5 Å². The molecule has 29 heavy (non-hydrogen) atoms. The van der Waals surface area contributed by atoms with Gasteiger partial charge in [-0.25, -0.2) is 0 Å². The molecule has 0 unspecified atom stereocenters. The fourth-order valence-electron chi connectivity index (χ4n) is 3.91. The van der Waals surface area contributed by atoms with Crippen LogP contribution in [-0.4, -0.2) is 23.9 Å². The van der Waals surface area contributed by atoms with E-state index in [0.717, 1.165) is 35.1 Å². The van der Waals surface area contributed by atoms with Gasteiger partial charge in [-0.1, -0.05) is 37.1 Å². The number of rotatable bonds is 6. The van der Waals surface area contributed by atoms with Crippen LogP contribution in [0.3, 0.4) is 0 Å². The number of piperidine rings is 1. The summed E-state index contributed by atoms with van der Waals surface area (Å²) in [7, 11) is 0. The van der Waals surface area contributed by atoms with Gasteiger partial charge in [-0.3, -0.25) is 9.69 Å². The van der Waals surface area contributed by atoms with Crippen LogP contribution in [0.2, 0.25) is 5.02 Å². The molecule has 1 aliphatic rings. The highest BCUT2D eigenvalue weighted by atomic mass is 35.5. The number of furan rings is 1. The molecule has 1 fully saturated rings. The average Bonchev–Trinajstić information content (AvgIpc) is 3.41.